The number of rotatable bonds is 5. The van der Waals surface area contributed by atoms with Crippen LogP contribution in [0.3, 0.4) is 0 Å². The Kier molecular flexibility index (Phi) is 5.25. The Morgan fingerprint density at radius 3 is 2.23 bits per heavy atom. The molecule has 0 aliphatic rings. The number of ether oxygens (including phenoxy) is 2. The lowest BCUT2D eigenvalue weighted by Gasteiger charge is -2.13. The molecule has 0 spiro atoms. The molecule has 0 radical (unpaired) electrons. The number of hydrogen-bond donors (Lipinski definition) is 0. The second-order valence-electron chi connectivity index (χ2n) is 5.58. The summed E-state index contributed by atoms with van der Waals surface area (Å²) in [5, 5.41) is 8.85. The van der Waals surface area contributed by atoms with Gasteiger partial charge < -0.3 is 9.47 Å². The van der Waals surface area contributed by atoms with E-state index in [1.54, 1.807) is 49.5 Å². The van der Waals surface area contributed by atoms with E-state index < -0.39 is 12.1 Å². The summed E-state index contributed by atoms with van der Waals surface area (Å²) in [6, 6.07) is 20.0. The van der Waals surface area contributed by atoms with Crippen LogP contribution in [0, 0.1) is 11.3 Å². The predicted molar refractivity (Wildman–Crippen MR) is 96.6 cm³/mol. The number of carbonyl (C=O) groups is 1. The van der Waals surface area contributed by atoms with Gasteiger partial charge in [0.15, 0.2) is 6.10 Å². The van der Waals surface area contributed by atoms with Crippen molar-refractivity contribution in [2.45, 2.75) is 13.0 Å². The number of benzene rings is 2. The zero-order valence-corrected chi connectivity index (χ0v) is 14.1. The van der Waals surface area contributed by atoms with Crippen molar-refractivity contribution in [3.63, 3.8) is 0 Å². The van der Waals surface area contributed by atoms with Gasteiger partial charge in [0.25, 0.3) is 0 Å². The van der Waals surface area contributed by atoms with E-state index in [1.807, 2.05) is 24.3 Å². The van der Waals surface area contributed by atoms with Crippen molar-refractivity contribution in [3.05, 3.63) is 78.6 Å². The third-order valence-corrected chi connectivity index (χ3v) is 3.70. The van der Waals surface area contributed by atoms with Crippen molar-refractivity contribution in [2.75, 3.05) is 0 Å². The van der Waals surface area contributed by atoms with Crippen molar-refractivity contribution in [1.82, 2.24) is 4.98 Å². The molecule has 0 bridgehead atoms. The predicted octanol–water partition coefficient (Wildman–Crippen LogP) is 3.99. The number of pyridine rings is 1. The largest absolute Gasteiger partial charge is 0.477 e. The topological polar surface area (TPSA) is 72.2 Å². The minimum Gasteiger partial charge on any atom is -0.477 e. The fourth-order valence-corrected chi connectivity index (χ4v) is 2.32. The molecule has 1 unspecified atom stereocenters. The first-order valence-electron chi connectivity index (χ1n) is 8.04. The number of hydrogen-bond acceptors (Lipinski definition) is 5. The molecule has 26 heavy (non-hydrogen) atoms. The van der Waals surface area contributed by atoms with Gasteiger partial charge in [0, 0.05) is 6.20 Å². The van der Waals surface area contributed by atoms with Crippen LogP contribution in [0.15, 0.2) is 73.1 Å². The highest BCUT2D eigenvalue weighted by atomic mass is 16.6. The molecule has 1 atom stereocenters. The minimum atomic E-state index is -0.752. The van der Waals surface area contributed by atoms with Crippen LogP contribution >= 0.6 is 0 Å². The molecule has 0 aliphatic heterocycles. The lowest BCUT2D eigenvalue weighted by molar-refractivity contribution is -0.141. The Morgan fingerprint density at radius 2 is 1.65 bits per heavy atom. The van der Waals surface area contributed by atoms with E-state index in [9.17, 15) is 4.79 Å². The van der Waals surface area contributed by atoms with Crippen molar-refractivity contribution in [2.24, 2.45) is 0 Å². The summed E-state index contributed by atoms with van der Waals surface area (Å²) in [6.07, 6.45) is 2.42. The summed E-state index contributed by atoms with van der Waals surface area (Å²) < 4.78 is 10.8. The Balaban J connectivity index is 1.63. The smallest absolute Gasteiger partial charge is 0.352 e. The summed E-state index contributed by atoms with van der Waals surface area (Å²) in [5.41, 5.74) is 2.56. The van der Waals surface area contributed by atoms with E-state index in [2.05, 4.69) is 11.1 Å². The van der Waals surface area contributed by atoms with Gasteiger partial charge in [-0.3, -0.25) is 4.98 Å². The third-order valence-electron chi connectivity index (χ3n) is 3.70. The van der Waals surface area contributed by atoms with Crippen LogP contribution in [-0.2, 0) is 4.79 Å². The summed E-state index contributed by atoms with van der Waals surface area (Å²) in [4.78, 5) is 16.1. The Bertz CT molecular complexity index is 914. The summed E-state index contributed by atoms with van der Waals surface area (Å²) in [6.45, 7) is 1.63. The van der Waals surface area contributed by atoms with Crippen LogP contribution < -0.4 is 9.47 Å². The summed E-state index contributed by atoms with van der Waals surface area (Å²) in [7, 11) is 0. The van der Waals surface area contributed by atoms with Gasteiger partial charge in [-0.2, -0.15) is 5.26 Å². The first-order chi connectivity index (χ1) is 12.7. The molecule has 0 aliphatic carbocycles. The van der Waals surface area contributed by atoms with Gasteiger partial charge in [-0.15, -0.1) is 0 Å². The van der Waals surface area contributed by atoms with Gasteiger partial charge in [-0.05, 0) is 54.4 Å². The van der Waals surface area contributed by atoms with Crippen molar-refractivity contribution in [1.29, 1.82) is 5.26 Å². The fourth-order valence-electron chi connectivity index (χ4n) is 2.32. The molecule has 3 aromatic rings. The van der Waals surface area contributed by atoms with E-state index in [4.69, 9.17) is 14.7 Å². The minimum absolute atomic E-state index is 0.439. The van der Waals surface area contributed by atoms with Gasteiger partial charge in [0.2, 0.25) is 0 Å². The Hall–Kier alpha value is -3.65. The van der Waals surface area contributed by atoms with Crippen molar-refractivity contribution >= 4 is 5.97 Å². The molecular weight excluding hydrogens is 328 g/mol. The maximum atomic E-state index is 12.1. The van der Waals surface area contributed by atoms with Gasteiger partial charge >= 0.3 is 5.97 Å². The molecule has 0 saturated heterocycles. The number of esters is 1. The average molecular weight is 344 g/mol. The molecule has 1 aromatic heterocycles. The van der Waals surface area contributed by atoms with Crippen LogP contribution in [0.1, 0.15) is 12.5 Å². The molecule has 0 N–H and O–H groups in total. The second kappa shape index (κ2) is 7.95. The molecule has 128 valence electrons. The Labute approximate surface area is 151 Å². The number of nitrogens with zero attached hydrogens (tertiary/aromatic N) is 2. The van der Waals surface area contributed by atoms with Crippen LogP contribution in [0.2, 0.25) is 0 Å². The standard InChI is InChI=1S/C21H16N2O3/c1-15(25-20-3-2-12-23-14-20)21(24)26-19-10-8-18(9-11-19)17-6-4-16(13-22)5-7-17/h2-12,14-15H,1H3. The lowest BCUT2D eigenvalue weighted by atomic mass is 10.0. The van der Waals surface area contributed by atoms with E-state index in [1.165, 1.54) is 6.20 Å². The van der Waals surface area contributed by atoms with Crippen LogP contribution in [0.4, 0.5) is 0 Å². The molecule has 0 amide bonds. The van der Waals surface area contributed by atoms with Crippen molar-refractivity contribution in [3.8, 4) is 28.7 Å². The van der Waals surface area contributed by atoms with E-state index in [-0.39, 0.29) is 0 Å². The second-order valence-corrected chi connectivity index (χ2v) is 5.58. The van der Waals surface area contributed by atoms with E-state index >= 15 is 0 Å². The zero-order chi connectivity index (χ0) is 18.4. The molecule has 5 nitrogen and oxygen atoms in total. The number of carbonyl (C=O) groups excluding carboxylic acids is 1. The fraction of sp³-hybridized carbons (Fsp3) is 0.0952. The zero-order valence-electron chi connectivity index (χ0n) is 14.1. The molecular formula is C21H16N2O3. The normalized spacial score (nSPS) is 11.2. The molecule has 5 heteroatoms. The highest BCUT2D eigenvalue weighted by Crippen LogP contribution is 2.23. The van der Waals surface area contributed by atoms with E-state index in [0.29, 0.717) is 17.1 Å². The van der Waals surface area contributed by atoms with Gasteiger partial charge in [-0.25, -0.2) is 4.79 Å². The molecule has 3 rings (SSSR count). The number of aromatic nitrogens is 1. The molecule has 0 fully saturated rings. The molecule has 1 heterocycles. The molecule has 0 saturated carbocycles. The summed E-state index contributed by atoms with van der Waals surface area (Å²) in [5.74, 6) is 0.460. The highest BCUT2D eigenvalue weighted by molar-refractivity contribution is 5.77. The third kappa shape index (κ3) is 4.25. The highest BCUT2D eigenvalue weighted by Gasteiger charge is 2.17. The maximum absolute atomic E-state index is 12.1. The number of nitriles is 1. The van der Waals surface area contributed by atoms with Crippen LogP contribution in [-0.4, -0.2) is 17.1 Å². The first-order valence-corrected chi connectivity index (χ1v) is 8.04. The monoisotopic (exact) mass is 344 g/mol. The van der Waals surface area contributed by atoms with Gasteiger partial charge in [0.1, 0.15) is 11.5 Å². The average Bonchev–Trinajstić information content (AvgIpc) is 2.69. The maximum Gasteiger partial charge on any atom is 0.352 e. The lowest BCUT2D eigenvalue weighted by Crippen LogP contribution is -2.28. The molecule has 2 aromatic carbocycles. The van der Waals surface area contributed by atoms with E-state index in [0.717, 1.165) is 11.1 Å². The summed E-state index contributed by atoms with van der Waals surface area (Å²) >= 11 is 0. The van der Waals surface area contributed by atoms with Crippen LogP contribution in [0.25, 0.3) is 11.1 Å². The SMILES string of the molecule is CC(Oc1cccnc1)C(=O)Oc1ccc(-c2ccc(C#N)cc2)cc1. The van der Waals surface area contributed by atoms with Gasteiger partial charge in [-0.1, -0.05) is 24.3 Å². The first kappa shape index (κ1) is 17.2. The van der Waals surface area contributed by atoms with Gasteiger partial charge in [0.05, 0.1) is 17.8 Å². The van der Waals surface area contributed by atoms with Crippen LogP contribution in [0.5, 0.6) is 11.5 Å². The quantitative estimate of drug-likeness (QED) is 0.517. The Morgan fingerprint density at radius 1 is 1.00 bits per heavy atom. The van der Waals surface area contributed by atoms with Crippen molar-refractivity contribution < 1.29 is 14.3 Å².